The molecule has 19 heavy (non-hydrogen) atoms. The molecule has 0 aliphatic carbocycles. The van der Waals surface area contributed by atoms with Gasteiger partial charge < -0.3 is 4.98 Å². The summed E-state index contributed by atoms with van der Waals surface area (Å²) >= 11 is 9.73. The largest absolute Gasteiger partial charge is 0.337 e. The van der Waals surface area contributed by atoms with Crippen LogP contribution in [0.5, 0.6) is 0 Å². The van der Waals surface area contributed by atoms with Crippen LogP contribution < -0.4 is 0 Å². The van der Waals surface area contributed by atoms with Gasteiger partial charge in [0.25, 0.3) is 0 Å². The van der Waals surface area contributed by atoms with Crippen molar-refractivity contribution in [1.82, 2.24) is 19.7 Å². The van der Waals surface area contributed by atoms with Gasteiger partial charge in [0.2, 0.25) is 0 Å². The number of aromatic amines is 1. The van der Waals surface area contributed by atoms with Crippen LogP contribution in [0.1, 0.15) is 11.5 Å². The number of aryl methyl sites for hydroxylation is 1. The van der Waals surface area contributed by atoms with E-state index in [1.807, 2.05) is 37.4 Å². The molecule has 0 spiro atoms. The van der Waals surface area contributed by atoms with Gasteiger partial charge in [-0.05, 0) is 30.3 Å². The Morgan fingerprint density at radius 3 is 3.00 bits per heavy atom. The number of imidazole rings is 1. The van der Waals surface area contributed by atoms with Gasteiger partial charge in [0.1, 0.15) is 5.82 Å². The number of benzene rings is 1. The molecule has 0 radical (unpaired) electrons. The second-order valence-electron chi connectivity index (χ2n) is 4.12. The Hall–Kier alpha value is -1.59. The highest BCUT2D eigenvalue weighted by Gasteiger charge is 2.07. The summed E-state index contributed by atoms with van der Waals surface area (Å²) in [5.74, 6) is 0.649. The second kappa shape index (κ2) is 4.83. The summed E-state index contributed by atoms with van der Waals surface area (Å²) < 4.78 is 2.75. The van der Waals surface area contributed by atoms with Crippen LogP contribution in [0.15, 0.2) is 34.9 Å². The van der Waals surface area contributed by atoms with Gasteiger partial charge in [0, 0.05) is 17.7 Å². The Balaban J connectivity index is 2.04. The van der Waals surface area contributed by atoms with E-state index in [2.05, 4.69) is 31.0 Å². The summed E-state index contributed by atoms with van der Waals surface area (Å²) in [6.07, 6.45) is 3.56. The van der Waals surface area contributed by atoms with Crippen LogP contribution in [-0.4, -0.2) is 19.7 Å². The number of rotatable bonds is 2. The van der Waals surface area contributed by atoms with Crippen LogP contribution in [0.4, 0.5) is 0 Å². The molecule has 0 unspecified atom stereocenters. The maximum atomic E-state index is 6.30. The van der Waals surface area contributed by atoms with Crippen molar-refractivity contribution in [3.63, 3.8) is 0 Å². The molecule has 0 saturated carbocycles. The topological polar surface area (TPSA) is 46.5 Å². The first kappa shape index (κ1) is 12.4. The fourth-order valence-corrected chi connectivity index (χ4v) is 2.38. The van der Waals surface area contributed by atoms with Crippen LogP contribution in [0, 0.1) is 0 Å². The van der Waals surface area contributed by atoms with Crippen molar-refractivity contribution in [1.29, 1.82) is 0 Å². The molecule has 0 amide bonds. The maximum absolute atomic E-state index is 6.30. The number of H-pyrrole nitrogens is 1. The third-order valence-corrected chi connectivity index (χ3v) is 3.58. The zero-order valence-electron chi connectivity index (χ0n) is 10.1. The normalized spacial score (nSPS) is 12.3. The number of halogens is 2. The van der Waals surface area contributed by atoms with Crippen LogP contribution >= 0.6 is 27.5 Å². The first-order chi connectivity index (χ1) is 9.13. The van der Waals surface area contributed by atoms with E-state index >= 15 is 0 Å². The van der Waals surface area contributed by atoms with Crippen molar-refractivity contribution >= 4 is 49.7 Å². The Morgan fingerprint density at radius 2 is 2.26 bits per heavy atom. The highest BCUT2D eigenvalue weighted by atomic mass is 79.9. The first-order valence-electron chi connectivity index (χ1n) is 5.64. The van der Waals surface area contributed by atoms with Gasteiger partial charge in [0.05, 0.1) is 21.8 Å². The van der Waals surface area contributed by atoms with E-state index in [9.17, 15) is 0 Å². The van der Waals surface area contributed by atoms with Crippen molar-refractivity contribution in [2.24, 2.45) is 7.05 Å². The fourth-order valence-electron chi connectivity index (χ4n) is 1.82. The lowest BCUT2D eigenvalue weighted by Gasteiger charge is -1.96. The highest BCUT2D eigenvalue weighted by molar-refractivity contribution is 9.10. The van der Waals surface area contributed by atoms with Gasteiger partial charge in [0.15, 0.2) is 0 Å². The Morgan fingerprint density at radius 1 is 1.42 bits per heavy atom. The quantitative estimate of drug-likeness (QED) is 0.773. The molecule has 1 N–H and O–H groups in total. The summed E-state index contributed by atoms with van der Waals surface area (Å²) in [5, 5.41) is 4.65. The summed E-state index contributed by atoms with van der Waals surface area (Å²) in [7, 11) is 1.87. The summed E-state index contributed by atoms with van der Waals surface area (Å²) in [6, 6.07) is 7.75. The average Bonchev–Trinajstić information content (AvgIpc) is 2.96. The van der Waals surface area contributed by atoms with E-state index in [1.165, 1.54) is 0 Å². The fraction of sp³-hybridized carbons (Fsp3) is 0.0769. The number of aromatic nitrogens is 4. The van der Waals surface area contributed by atoms with Gasteiger partial charge >= 0.3 is 0 Å². The van der Waals surface area contributed by atoms with E-state index in [0.717, 1.165) is 21.2 Å². The number of hydrogen-bond donors (Lipinski definition) is 1. The van der Waals surface area contributed by atoms with Crippen LogP contribution in [0.2, 0.25) is 0 Å². The average molecular weight is 338 g/mol. The smallest absolute Gasteiger partial charge is 0.150 e. The lowest BCUT2D eigenvalue weighted by Crippen LogP contribution is -1.92. The van der Waals surface area contributed by atoms with E-state index in [0.29, 0.717) is 10.9 Å². The number of hydrogen-bond acceptors (Lipinski definition) is 2. The van der Waals surface area contributed by atoms with E-state index in [4.69, 9.17) is 11.6 Å². The number of nitrogens with one attached hydrogen (secondary N) is 1. The van der Waals surface area contributed by atoms with E-state index in [1.54, 1.807) is 10.9 Å². The van der Waals surface area contributed by atoms with Crippen molar-refractivity contribution in [2.75, 3.05) is 0 Å². The standard InChI is InChI=1S/C13H10BrClN4/c1-19-9(4-5-16-19)7-10(15)13-17-11-3-2-8(14)6-12(11)18-13/h2-7H,1H3,(H,17,18)/b10-7-. The Kier molecular flexibility index (Phi) is 3.16. The van der Waals surface area contributed by atoms with Crippen molar-refractivity contribution < 1.29 is 0 Å². The molecule has 96 valence electrons. The summed E-state index contributed by atoms with van der Waals surface area (Å²) in [5.41, 5.74) is 2.75. The predicted molar refractivity (Wildman–Crippen MR) is 80.7 cm³/mol. The van der Waals surface area contributed by atoms with Crippen molar-refractivity contribution in [3.05, 3.63) is 46.5 Å². The third kappa shape index (κ3) is 2.43. The Labute approximate surface area is 123 Å². The molecular formula is C13H10BrClN4. The molecule has 3 aromatic rings. The minimum atomic E-state index is 0.552. The highest BCUT2D eigenvalue weighted by Crippen LogP contribution is 2.24. The second-order valence-corrected chi connectivity index (χ2v) is 5.44. The van der Waals surface area contributed by atoms with Gasteiger partial charge in [-0.25, -0.2) is 4.98 Å². The number of nitrogens with zero attached hydrogens (tertiary/aromatic N) is 3. The van der Waals surface area contributed by atoms with Gasteiger partial charge in [-0.3, -0.25) is 4.68 Å². The molecule has 2 aromatic heterocycles. The Bertz CT molecular complexity index is 772. The molecule has 6 heteroatoms. The molecular weight excluding hydrogens is 328 g/mol. The third-order valence-electron chi connectivity index (χ3n) is 2.80. The zero-order chi connectivity index (χ0) is 13.4. The van der Waals surface area contributed by atoms with Crippen LogP contribution in [0.25, 0.3) is 22.1 Å². The number of fused-ring (bicyclic) bond motifs is 1. The predicted octanol–water partition coefficient (Wildman–Crippen LogP) is 3.80. The lowest BCUT2D eigenvalue weighted by molar-refractivity contribution is 0.760. The SMILES string of the molecule is Cn1nccc1/C=C(\Cl)c1nc2ccc(Br)cc2[nH]1. The van der Waals surface area contributed by atoms with Crippen LogP contribution in [-0.2, 0) is 7.05 Å². The zero-order valence-corrected chi connectivity index (χ0v) is 12.4. The van der Waals surface area contributed by atoms with E-state index in [-0.39, 0.29) is 0 Å². The molecule has 2 heterocycles. The van der Waals surface area contributed by atoms with Crippen LogP contribution in [0.3, 0.4) is 0 Å². The minimum Gasteiger partial charge on any atom is -0.337 e. The molecule has 0 fully saturated rings. The van der Waals surface area contributed by atoms with Crippen molar-refractivity contribution in [3.8, 4) is 0 Å². The molecule has 3 rings (SSSR count). The molecule has 0 atom stereocenters. The lowest BCUT2D eigenvalue weighted by atomic mass is 10.3. The molecule has 4 nitrogen and oxygen atoms in total. The van der Waals surface area contributed by atoms with Gasteiger partial charge in [-0.15, -0.1) is 0 Å². The maximum Gasteiger partial charge on any atom is 0.150 e. The summed E-state index contributed by atoms with van der Waals surface area (Å²) in [6.45, 7) is 0. The molecule has 0 bridgehead atoms. The van der Waals surface area contributed by atoms with Gasteiger partial charge in [-0.1, -0.05) is 27.5 Å². The monoisotopic (exact) mass is 336 g/mol. The van der Waals surface area contributed by atoms with Crippen molar-refractivity contribution in [2.45, 2.75) is 0 Å². The van der Waals surface area contributed by atoms with E-state index < -0.39 is 0 Å². The van der Waals surface area contributed by atoms with Gasteiger partial charge in [-0.2, -0.15) is 5.10 Å². The first-order valence-corrected chi connectivity index (χ1v) is 6.81. The molecule has 0 aliphatic rings. The molecule has 1 aromatic carbocycles. The summed E-state index contributed by atoms with van der Waals surface area (Å²) in [4.78, 5) is 7.65. The minimum absolute atomic E-state index is 0.552. The molecule has 0 aliphatic heterocycles. The molecule has 0 saturated heterocycles.